The van der Waals surface area contributed by atoms with Gasteiger partial charge >= 0.3 is 0 Å². The smallest absolute Gasteiger partial charge is 0.242 e. The minimum atomic E-state index is -0.325. The molecule has 4 rings (SSSR count). The van der Waals surface area contributed by atoms with Crippen molar-refractivity contribution in [3.63, 3.8) is 0 Å². The van der Waals surface area contributed by atoms with Crippen molar-refractivity contribution >= 4 is 34.1 Å². The van der Waals surface area contributed by atoms with E-state index in [9.17, 15) is 4.79 Å². The normalized spacial score (nSPS) is 15.8. The van der Waals surface area contributed by atoms with Gasteiger partial charge in [0.15, 0.2) is 0 Å². The molecule has 0 N–H and O–H groups in total. The van der Waals surface area contributed by atoms with E-state index in [0.717, 1.165) is 39.2 Å². The summed E-state index contributed by atoms with van der Waals surface area (Å²) in [4.78, 5) is 17.3. The summed E-state index contributed by atoms with van der Waals surface area (Å²) in [6.45, 7) is 4.35. The van der Waals surface area contributed by atoms with E-state index in [1.807, 2.05) is 62.4 Å². The van der Waals surface area contributed by atoms with Gasteiger partial charge in [-0.2, -0.15) is 5.10 Å². The topological polar surface area (TPSA) is 64.0 Å². The fourth-order valence-corrected chi connectivity index (χ4v) is 4.03. The molecule has 0 saturated carbocycles. The molecular weight excluding hydrogens is 414 g/mol. The Kier molecular flexibility index (Phi) is 6.09. The number of pyridine rings is 1. The zero-order valence-corrected chi connectivity index (χ0v) is 18.5. The molecule has 0 radical (unpaired) electrons. The van der Waals surface area contributed by atoms with Crippen LogP contribution >= 0.6 is 11.6 Å². The number of hydrazone groups is 1. The zero-order chi connectivity index (χ0) is 22.0. The number of halogens is 1. The summed E-state index contributed by atoms with van der Waals surface area (Å²) in [6.07, 6.45) is 0.884. The van der Waals surface area contributed by atoms with Gasteiger partial charge in [-0.15, -0.1) is 0 Å². The number of amides is 1. The molecule has 0 saturated heterocycles. The van der Waals surface area contributed by atoms with Crippen molar-refractivity contribution in [3.8, 4) is 11.5 Å². The van der Waals surface area contributed by atoms with Crippen LogP contribution in [0.4, 0.5) is 0 Å². The van der Waals surface area contributed by atoms with E-state index in [1.54, 1.807) is 7.11 Å². The third kappa shape index (κ3) is 4.21. The monoisotopic (exact) mass is 437 g/mol. The summed E-state index contributed by atoms with van der Waals surface area (Å²) in [6, 6.07) is 15.0. The van der Waals surface area contributed by atoms with Crippen LogP contribution in [0.15, 0.2) is 53.6 Å². The highest BCUT2D eigenvalue weighted by Gasteiger charge is 2.34. The van der Waals surface area contributed by atoms with Crippen LogP contribution in [0.5, 0.6) is 11.5 Å². The average molecular weight is 438 g/mol. The van der Waals surface area contributed by atoms with Gasteiger partial charge in [-0.1, -0.05) is 30.7 Å². The molecule has 1 aromatic heterocycles. The van der Waals surface area contributed by atoms with Crippen LogP contribution in [-0.2, 0) is 4.79 Å². The number of aromatic nitrogens is 1. The number of nitrogens with zero attached hydrogens (tertiary/aromatic N) is 3. The van der Waals surface area contributed by atoms with Crippen LogP contribution in [0.3, 0.4) is 0 Å². The maximum absolute atomic E-state index is 12.7. The predicted molar refractivity (Wildman–Crippen MR) is 122 cm³/mol. The summed E-state index contributed by atoms with van der Waals surface area (Å²) >= 11 is 6.59. The van der Waals surface area contributed by atoms with Gasteiger partial charge in [0.25, 0.3) is 0 Å². The minimum absolute atomic E-state index is 0.0675. The second kappa shape index (κ2) is 8.94. The molecule has 6 nitrogen and oxygen atoms in total. The SMILES string of the molecule is CCOc1ccc2nc(Cl)c(C3CC(c4cccc(OC)c4)=NN3C(=O)CC)cc2c1. The van der Waals surface area contributed by atoms with E-state index >= 15 is 0 Å². The number of ether oxygens (including phenoxy) is 2. The van der Waals surface area contributed by atoms with Gasteiger partial charge in [-0.25, -0.2) is 9.99 Å². The molecule has 0 fully saturated rings. The van der Waals surface area contributed by atoms with Crippen molar-refractivity contribution in [2.24, 2.45) is 5.10 Å². The first-order chi connectivity index (χ1) is 15.0. The molecule has 0 aliphatic carbocycles. The van der Waals surface area contributed by atoms with E-state index in [4.69, 9.17) is 21.1 Å². The molecule has 1 unspecified atom stereocenters. The molecule has 160 valence electrons. The van der Waals surface area contributed by atoms with Crippen LogP contribution in [-0.4, -0.2) is 35.3 Å². The second-order valence-corrected chi connectivity index (χ2v) is 7.60. The Bertz CT molecular complexity index is 1160. The molecule has 7 heteroatoms. The molecule has 1 amide bonds. The predicted octanol–water partition coefficient (Wildman–Crippen LogP) is 5.38. The number of hydrogen-bond donors (Lipinski definition) is 0. The molecule has 31 heavy (non-hydrogen) atoms. The number of hydrogen-bond acceptors (Lipinski definition) is 5. The van der Waals surface area contributed by atoms with Gasteiger partial charge in [0.05, 0.1) is 31.0 Å². The maximum atomic E-state index is 12.7. The van der Waals surface area contributed by atoms with Crippen molar-refractivity contribution in [2.45, 2.75) is 32.7 Å². The first-order valence-electron chi connectivity index (χ1n) is 10.3. The second-order valence-electron chi connectivity index (χ2n) is 7.25. The Morgan fingerprint density at radius 3 is 2.74 bits per heavy atom. The van der Waals surface area contributed by atoms with E-state index in [-0.39, 0.29) is 11.9 Å². The van der Waals surface area contributed by atoms with Gasteiger partial charge in [-0.05, 0) is 43.3 Å². The van der Waals surface area contributed by atoms with Crippen LogP contribution in [0.25, 0.3) is 10.9 Å². The van der Waals surface area contributed by atoms with Crippen LogP contribution in [0.2, 0.25) is 5.15 Å². The summed E-state index contributed by atoms with van der Waals surface area (Å²) in [5.74, 6) is 1.44. The van der Waals surface area contributed by atoms with Gasteiger partial charge < -0.3 is 9.47 Å². The lowest BCUT2D eigenvalue weighted by atomic mass is 9.98. The molecular formula is C24H24ClN3O3. The molecule has 1 aliphatic heterocycles. The molecule has 2 heterocycles. The third-order valence-corrected chi connectivity index (χ3v) is 5.61. The Balaban J connectivity index is 1.75. The zero-order valence-electron chi connectivity index (χ0n) is 17.8. The Labute approximate surface area is 186 Å². The molecule has 3 aromatic rings. The highest BCUT2D eigenvalue weighted by Crippen LogP contribution is 2.38. The largest absolute Gasteiger partial charge is 0.497 e. The van der Waals surface area contributed by atoms with Crippen LogP contribution in [0, 0.1) is 0 Å². The summed E-state index contributed by atoms with van der Waals surface area (Å²) in [5, 5.41) is 7.48. The standard InChI is InChI=1S/C24H24ClN3O3/c1-4-23(29)28-22(14-21(27-28)15-7-6-8-17(11-15)30-3)19-13-16-12-18(31-5-2)9-10-20(16)26-24(19)25/h6-13,22H,4-5,14H2,1-3H3. The van der Waals surface area contributed by atoms with Crippen molar-refractivity contribution < 1.29 is 14.3 Å². The van der Waals surface area contributed by atoms with Crippen molar-refractivity contribution in [3.05, 3.63) is 64.8 Å². The van der Waals surface area contributed by atoms with Crippen molar-refractivity contribution in [2.75, 3.05) is 13.7 Å². The van der Waals surface area contributed by atoms with Crippen molar-refractivity contribution in [1.82, 2.24) is 9.99 Å². The number of methoxy groups -OCH3 is 1. The van der Waals surface area contributed by atoms with E-state index in [2.05, 4.69) is 10.1 Å². The Hall–Kier alpha value is -3.12. The highest BCUT2D eigenvalue weighted by molar-refractivity contribution is 6.30. The lowest BCUT2D eigenvalue weighted by Gasteiger charge is -2.22. The number of benzene rings is 2. The minimum Gasteiger partial charge on any atom is -0.497 e. The number of carbonyl (C=O) groups excluding carboxylic acids is 1. The maximum Gasteiger partial charge on any atom is 0.242 e. The first-order valence-corrected chi connectivity index (χ1v) is 10.7. The average Bonchev–Trinajstić information content (AvgIpc) is 3.24. The highest BCUT2D eigenvalue weighted by atomic mass is 35.5. The summed E-state index contributed by atoms with van der Waals surface area (Å²) in [5.41, 5.74) is 3.27. The Morgan fingerprint density at radius 1 is 1.16 bits per heavy atom. The first kappa shape index (κ1) is 21.1. The lowest BCUT2D eigenvalue weighted by molar-refractivity contribution is -0.132. The molecule has 0 bridgehead atoms. The third-order valence-electron chi connectivity index (χ3n) is 5.31. The summed E-state index contributed by atoms with van der Waals surface area (Å²) < 4.78 is 11.0. The quantitative estimate of drug-likeness (QED) is 0.485. The molecule has 0 spiro atoms. The van der Waals surface area contributed by atoms with E-state index in [0.29, 0.717) is 24.6 Å². The number of rotatable bonds is 6. The fraction of sp³-hybridized carbons (Fsp3) is 0.292. The van der Waals surface area contributed by atoms with Crippen molar-refractivity contribution in [1.29, 1.82) is 0 Å². The number of fused-ring (bicyclic) bond motifs is 1. The summed E-state index contributed by atoms with van der Waals surface area (Å²) in [7, 11) is 1.63. The number of carbonyl (C=O) groups is 1. The lowest BCUT2D eigenvalue weighted by Crippen LogP contribution is -2.26. The van der Waals surface area contributed by atoms with E-state index in [1.165, 1.54) is 5.01 Å². The fourth-order valence-electron chi connectivity index (χ4n) is 3.76. The van der Waals surface area contributed by atoms with Gasteiger partial charge in [-0.3, -0.25) is 4.79 Å². The molecule has 1 atom stereocenters. The van der Waals surface area contributed by atoms with E-state index < -0.39 is 0 Å². The van der Waals surface area contributed by atoms with Gasteiger partial charge in [0.2, 0.25) is 5.91 Å². The molecule has 1 aliphatic rings. The van der Waals surface area contributed by atoms with Crippen LogP contribution < -0.4 is 9.47 Å². The molecule has 2 aromatic carbocycles. The van der Waals surface area contributed by atoms with Gasteiger partial charge in [0, 0.05) is 29.4 Å². The van der Waals surface area contributed by atoms with Gasteiger partial charge in [0.1, 0.15) is 16.7 Å². The Morgan fingerprint density at radius 2 is 2.00 bits per heavy atom. The van der Waals surface area contributed by atoms with Crippen LogP contribution in [0.1, 0.15) is 43.9 Å².